The monoisotopic (exact) mass is 421 g/mol. The number of sulfone groups is 1. The summed E-state index contributed by atoms with van der Waals surface area (Å²) in [7, 11) is -3.30. The van der Waals surface area contributed by atoms with Gasteiger partial charge in [0.05, 0.1) is 26.0 Å². The number of amides is 1. The number of nitrogens with one attached hydrogen (secondary N) is 1. The molecule has 0 aliphatic carbocycles. The highest BCUT2D eigenvalue weighted by Crippen LogP contribution is 2.38. The number of halogens is 3. The van der Waals surface area contributed by atoms with Crippen LogP contribution in [0.3, 0.4) is 0 Å². The van der Waals surface area contributed by atoms with Crippen molar-refractivity contribution >= 4 is 50.5 Å². The maximum Gasteiger partial charge on any atom is 0.257 e. The number of carbonyl (C=O) groups is 1. The smallest absolute Gasteiger partial charge is 0.257 e. The van der Waals surface area contributed by atoms with Gasteiger partial charge < -0.3 is 10.4 Å². The lowest BCUT2D eigenvalue weighted by Crippen LogP contribution is -2.27. The molecule has 0 saturated heterocycles. The fourth-order valence-corrected chi connectivity index (χ4v) is 3.47. The van der Waals surface area contributed by atoms with Gasteiger partial charge in [0.25, 0.3) is 5.91 Å². The van der Waals surface area contributed by atoms with Crippen LogP contribution in [0, 0.1) is 0 Å². The molecule has 0 heterocycles. The van der Waals surface area contributed by atoms with Crippen molar-refractivity contribution in [3.05, 3.63) is 56.5 Å². The second-order valence-corrected chi connectivity index (χ2v) is 8.62. The minimum absolute atomic E-state index is 0.0415. The van der Waals surface area contributed by atoms with E-state index in [4.69, 9.17) is 34.8 Å². The lowest BCUT2D eigenvalue weighted by Gasteiger charge is -2.16. The molecule has 0 aliphatic rings. The first-order chi connectivity index (χ1) is 11.5. The number of phenolic OH excluding ortho intramolecular Hbond substituents is 1. The highest BCUT2D eigenvalue weighted by Gasteiger charge is 2.22. The van der Waals surface area contributed by atoms with Gasteiger partial charge in [0, 0.05) is 6.26 Å². The highest BCUT2D eigenvalue weighted by molar-refractivity contribution is 7.90. The van der Waals surface area contributed by atoms with Crippen molar-refractivity contribution in [3.8, 4) is 5.75 Å². The average Bonchev–Trinajstić information content (AvgIpc) is 2.52. The van der Waals surface area contributed by atoms with E-state index >= 15 is 0 Å². The maximum atomic E-state index is 12.4. The summed E-state index contributed by atoms with van der Waals surface area (Å²) >= 11 is 17.7. The van der Waals surface area contributed by atoms with Gasteiger partial charge in [0.2, 0.25) is 0 Å². The van der Waals surface area contributed by atoms with E-state index in [1.165, 1.54) is 18.2 Å². The Morgan fingerprint density at radius 3 is 2.20 bits per heavy atom. The third-order valence-electron chi connectivity index (χ3n) is 3.53. The van der Waals surface area contributed by atoms with Crippen LogP contribution in [0.15, 0.2) is 35.2 Å². The van der Waals surface area contributed by atoms with Gasteiger partial charge in [-0.15, -0.1) is 0 Å². The largest absolute Gasteiger partial charge is 0.505 e. The van der Waals surface area contributed by atoms with Crippen LogP contribution in [-0.2, 0) is 9.84 Å². The summed E-state index contributed by atoms with van der Waals surface area (Å²) < 4.78 is 23.0. The van der Waals surface area contributed by atoms with E-state index in [1.54, 1.807) is 19.1 Å². The molecular weight excluding hydrogens is 409 g/mol. The molecule has 9 heteroatoms. The standard InChI is InChI=1S/C16H14Cl3NO4S/c1-8(9-3-5-10(6-4-9)25(2,23)24)20-16(22)13-14(19)11(17)7-12(18)15(13)21/h3-8,21H,1-2H3,(H,20,22). The van der Waals surface area contributed by atoms with Crippen LogP contribution in [0.5, 0.6) is 5.75 Å². The van der Waals surface area contributed by atoms with Gasteiger partial charge >= 0.3 is 0 Å². The molecule has 5 nitrogen and oxygen atoms in total. The first-order valence-corrected chi connectivity index (χ1v) is 10.0. The van der Waals surface area contributed by atoms with Crippen molar-refractivity contribution in [2.45, 2.75) is 17.9 Å². The number of phenols is 1. The summed E-state index contributed by atoms with van der Waals surface area (Å²) in [4.78, 5) is 12.6. The summed E-state index contributed by atoms with van der Waals surface area (Å²) in [5.74, 6) is -1.13. The normalized spacial score (nSPS) is 12.7. The van der Waals surface area contributed by atoms with E-state index in [2.05, 4.69) is 5.32 Å². The summed E-state index contributed by atoms with van der Waals surface area (Å²) in [6.07, 6.45) is 1.11. The van der Waals surface area contributed by atoms with Gasteiger partial charge in [0.1, 0.15) is 11.3 Å². The van der Waals surface area contributed by atoms with Crippen LogP contribution in [0.2, 0.25) is 15.1 Å². The molecule has 2 aromatic carbocycles. The number of hydrogen-bond acceptors (Lipinski definition) is 4. The molecule has 134 valence electrons. The molecule has 0 radical (unpaired) electrons. The summed E-state index contributed by atoms with van der Waals surface area (Å²) in [6, 6.07) is 6.85. The van der Waals surface area contributed by atoms with Crippen molar-refractivity contribution in [2.24, 2.45) is 0 Å². The molecule has 1 unspecified atom stereocenters. The Morgan fingerprint density at radius 1 is 1.12 bits per heavy atom. The lowest BCUT2D eigenvalue weighted by molar-refractivity contribution is 0.0937. The van der Waals surface area contributed by atoms with Crippen molar-refractivity contribution in [2.75, 3.05) is 6.26 Å². The van der Waals surface area contributed by atoms with Crippen LogP contribution in [0.4, 0.5) is 0 Å². The molecule has 0 fully saturated rings. The zero-order chi connectivity index (χ0) is 18.9. The number of carbonyl (C=O) groups excluding carboxylic acids is 1. The van der Waals surface area contributed by atoms with Crippen LogP contribution in [-0.4, -0.2) is 25.7 Å². The van der Waals surface area contributed by atoms with Gasteiger partial charge in [-0.2, -0.15) is 0 Å². The van der Waals surface area contributed by atoms with Crippen LogP contribution < -0.4 is 5.32 Å². The van der Waals surface area contributed by atoms with Crippen molar-refractivity contribution in [1.82, 2.24) is 5.32 Å². The van der Waals surface area contributed by atoms with Gasteiger partial charge in [-0.3, -0.25) is 4.79 Å². The molecule has 1 amide bonds. The van der Waals surface area contributed by atoms with Crippen LogP contribution >= 0.6 is 34.8 Å². The van der Waals surface area contributed by atoms with Gasteiger partial charge in [-0.1, -0.05) is 46.9 Å². The van der Waals surface area contributed by atoms with E-state index < -0.39 is 27.5 Å². The molecule has 0 aliphatic heterocycles. The van der Waals surface area contributed by atoms with Gasteiger partial charge in [-0.05, 0) is 30.7 Å². The number of aromatic hydroxyl groups is 1. The predicted molar refractivity (Wildman–Crippen MR) is 98.6 cm³/mol. The molecule has 0 spiro atoms. The summed E-state index contributed by atoms with van der Waals surface area (Å²) in [5.41, 5.74) is 0.447. The Kier molecular flexibility index (Phi) is 5.89. The van der Waals surface area contributed by atoms with E-state index in [9.17, 15) is 18.3 Å². The Hall–Kier alpha value is -1.47. The molecule has 2 aromatic rings. The Balaban J connectivity index is 2.27. The van der Waals surface area contributed by atoms with Crippen molar-refractivity contribution in [3.63, 3.8) is 0 Å². The van der Waals surface area contributed by atoms with Crippen LogP contribution in [0.1, 0.15) is 28.9 Å². The minimum atomic E-state index is -3.30. The predicted octanol–water partition coefficient (Wildman–Crippen LogP) is 4.25. The summed E-state index contributed by atoms with van der Waals surface area (Å²) in [6.45, 7) is 1.70. The quantitative estimate of drug-likeness (QED) is 0.722. The van der Waals surface area contributed by atoms with Gasteiger partial charge in [0.15, 0.2) is 9.84 Å². The highest BCUT2D eigenvalue weighted by atomic mass is 35.5. The maximum absolute atomic E-state index is 12.4. The number of rotatable bonds is 4. The van der Waals surface area contributed by atoms with Gasteiger partial charge in [-0.25, -0.2) is 8.42 Å². The lowest BCUT2D eigenvalue weighted by atomic mass is 10.1. The Labute approximate surface area is 160 Å². The van der Waals surface area contributed by atoms with Crippen molar-refractivity contribution < 1.29 is 18.3 Å². The number of benzene rings is 2. The fraction of sp³-hybridized carbons (Fsp3) is 0.188. The van der Waals surface area contributed by atoms with Crippen molar-refractivity contribution in [1.29, 1.82) is 0 Å². The molecule has 2 N–H and O–H groups in total. The van der Waals surface area contributed by atoms with E-state index in [-0.39, 0.29) is 25.5 Å². The molecular formula is C16H14Cl3NO4S. The molecule has 0 aromatic heterocycles. The average molecular weight is 423 g/mol. The van der Waals surface area contributed by atoms with Crippen LogP contribution in [0.25, 0.3) is 0 Å². The molecule has 0 bridgehead atoms. The fourth-order valence-electron chi connectivity index (χ4n) is 2.15. The SMILES string of the molecule is CC(NC(=O)c1c(O)c(Cl)cc(Cl)c1Cl)c1ccc(S(C)(=O)=O)cc1. The molecule has 2 rings (SSSR count). The molecule has 1 atom stereocenters. The van der Waals surface area contributed by atoms with E-state index in [0.29, 0.717) is 5.56 Å². The summed E-state index contributed by atoms with van der Waals surface area (Å²) in [5, 5.41) is 12.5. The zero-order valence-electron chi connectivity index (χ0n) is 13.2. The third-order valence-corrected chi connectivity index (χ3v) is 5.73. The zero-order valence-corrected chi connectivity index (χ0v) is 16.3. The minimum Gasteiger partial charge on any atom is -0.505 e. The Bertz CT molecular complexity index is 901. The van der Waals surface area contributed by atoms with E-state index in [1.807, 2.05) is 0 Å². The first-order valence-electron chi connectivity index (χ1n) is 6.99. The second kappa shape index (κ2) is 7.41. The van der Waals surface area contributed by atoms with E-state index in [0.717, 1.165) is 6.26 Å². The third kappa shape index (κ3) is 4.39. The topological polar surface area (TPSA) is 83.5 Å². The first kappa shape index (κ1) is 19.8. The molecule has 0 saturated carbocycles. The molecule has 25 heavy (non-hydrogen) atoms. The second-order valence-electron chi connectivity index (χ2n) is 5.41. The Morgan fingerprint density at radius 2 is 1.68 bits per heavy atom. The number of hydrogen-bond donors (Lipinski definition) is 2.